The number of hydrogen-bond donors (Lipinski definition) is 4. The minimum atomic E-state index is -0.749. The van der Waals surface area contributed by atoms with E-state index in [-0.39, 0.29) is 12.5 Å². The lowest BCUT2D eigenvalue weighted by molar-refractivity contribution is -0.137. The van der Waals surface area contributed by atoms with E-state index in [4.69, 9.17) is 9.84 Å². The van der Waals surface area contributed by atoms with E-state index in [1.54, 1.807) is 12.2 Å². The topological polar surface area (TPSA) is 107 Å². The fourth-order valence-electron chi connectivity index (χ4n) is 2.90. The Balaban J connectivity index is 2.15. The summed E-state index contributed by atoms with van der Waals surface area (Å²) in [4.78, 5) is 10.4. The summed E-state index contributed by atoms with van der Waals surface area (Å²) in [6.07, 6.45) is 7.04. The molecule has 6 heteroatoms. The molecule has 0 saturated carbocycles. The number of ether oxygens (including phenoxy) is 1. The first kappa shape index (κ1) is 21.1. The molecular formula is C18H32O6. The number of carboxylic acids is 1. The molecule has 1 fully saturated rings. The SMILES string of the molecule is CC[C@@H](O)[C@@H]1C[C@@H](O)[C@H](/C=C/[C@@H](O)CCCCCCCC(=O)O)O1. The monoisotopic (exact) mass is 344 g/mol. The van der Waals surface area contributed by atoms with E-state index >= 15 is 0 Å². The molecule has 1 aliphatic rings. The van der Waals surface area contributed by atoms with Gasteiger partial charge in [-0.3, -0.25) is 4.79 Å². The van der Waals surface area contributed by atoms with Crippen molar-refractivity contribution >= 4 is 5.97 Å². The van der Waals surface area contributed by atoms with Crippen molar-refractivity contribution < 1.29 is 30.0 Å². The van der Waals surface area contributed by atoms with Crippen LogP contribution in [0, 0.1) is 0 Å². The fraction of sp³-hybridized carbons (Fsp3) is 0.833. The Kier molecular flexibility index (Phi) is 10.2. The summed E-state index contributed by atoms with van der Waals surface area (Å²) in [6, 6.07) is 0. The van der Waals surface area contributed by atoms with Crippen LogP contribution < -0.4 is 0 Å². The molecular weight excluding hydrogens is 312 g/mol. The molecule has 0 unspecified atom stereocenters. The highest BCUT2D eigenvalue weighted by molar-refractivity contribution is 5.66. The van der Waals surface area contributed by atoms with Crippen LogP contribution in [0.2, 0.25) is 0 Å². The second kappa shape index (κ2) is 11.6. The summed E-state index contributed by atoms with van der Waals surface area (Å²) in [5.41, 5.74) is 0. The Bertz CT molecular complexity index is 384. The lowest BCUT2D eigenvalue weighted by Crippen LogP contribution is -2.25. The third-order valence-corrected chi connectivity index (χ3v) is 4.45. The molecule has 6 nitrogen and oxygen atoms in total. The maximum Gasteiger partial charge on any atom is 0.303 e. The summed E-state index contributed by atoms with van der Waals surface area (Å²) >= 11 is 0. The standard InChI is InChI=1S/C18H32O6/c1-2-14(20)17-12-15(21)16(24-17)11-10-13(19)8-6-4-3-5-7-9-18(22)23/h10-11,13-17,19-21H,2-9,12H2,1H3,(H,22,23)/b11-10+/t13-,14+,15+,16-,17-/m0/s1. The molecule has 24 heavy (non-hydrogen) atoms. The van der Waals surface area contributed by atoms with E-state index in [1.807, 2.05) is 6.92 Å². The first-order valence-corrected chi connectivity index (χ1v) is 9.03. The van der Waals surface area contributed by atoms with Crippen LogP contribution in [0.25, 0.3) is 0 Å². The average Bonchev–Trinajstić information content (AvgIpc) is 2.92. The van der Waals surface area contributed by atoms with E-state index in [0.717, 1.165) is 25.7 Å². The van der Waals surface area contributed by atoms with Crippen molar-refractivity contribution in [1.29, 1.82) is 0 Å². The highest BCUT2D eigenvalue weighted by Crippen LogP contribution is 2.25. The van der Waals surface area contributed by atoms with E-state index < -0.39 is 30.4 Å². The summed E-state index contributed by atoms with van der Waals surface area (Å²) in [7, 11) is 0. The van der Waals surface area contributed by atoms with E-state index in [0.29, 0.717) is 25.7 Å². The summed E-state index contributed by atoms with van der Waals surface area (Å²) < 4.78 is 5.62. The van der Waals surface area contributed by atoms with Crippen molar-refractivity contribution in [2.45, 2.75) is 95.2 Å². The molecule has 0 aromatic carbocycles. The Morgan fingerprint density at radius 3 is 2.54 bits per heavy atom. The van der Waals surface area contributed by atoms with Gasteiger partial charge in [0.05, 0.1) is 24.4 Å². The minimum Gasteiger partial charge on any atom is -0.481 e. The normalized spacial score (nSPS) is 26.8. The van der Waals surface area contributed by atoms with Crippen LogP contribution in [0.1, 0.15) is 64.7 Å². The van der Waals surface area contributed by atoms with Gasteiger partial charge in [0.25, 0.3) is 0 Å². The predicted octanol–water partition coefficient (Wildman–Crippen LogP) is 2.01. The number of carbonyl (C=O) groups is 1. The number of aliphatic hydroxyl groups is 3. The molecule has 1 aliphatic heterocycles. The summed E-state index contributed by atoms with van der Waals surface area (Å²) in [5, 5.41) is 38.2. The molecule has 1 heterocycles. The van der Waals surface area contributed by atoms with Gasteiger partial charge in [-0.05, 0) is 19.3 Å². The van der Waals surface area contributed by atoms with Gasteiger partial charge in [-0.2, -0.15) is 0 Å². The van der Waals surface area contributed by atoms with E-state index in [9.17, 15) is 20.1 Å². The molecule has 4 N–H and O–H groups in total. The highest BCUT2D eigenvalue weighted by atomic mass is 16.5. The maximum absolute atomic E-state index is 10.4. The number of hydrogen-bond acceptors (Lipinski definition) is 5. The zero-order valence-electron chi connectivity index (χ0n) is 14.5. The van der Waals surface area contributed by atoms with Crippen LogP contribution >= 0.6 is 0 Å². The molecule has 0 bridgehead atoms. The van der Waals surface area contributed by atoms with Gasteiger partial charge in [-0.25, -0.2) is 0 Å². The third-order valence-electron chi connectivity index (χ3n) is 4.45. The largest absolute Gasteiger partial charge is 0.481 e. The van der Waals surface area contributed by atoms with Crippen LogP contribution in [0.5, 0.6) is 0 Å². The van der Waals surface area contributed by atoms with Crippen molar-refractivity contribution in [3.63, 3.8) is 0 Å². The van der Waals surface area contributed by atoms with Gasteiger partial charge in [-0.1, -0.05) is 44.8 Å². The van der Waals surface area contributed by atoms with Crippen molar-refractivity contribution in [3.05, 3.63) is 12.2 Å². The fourth-order valence-corrected chi connectivity index (χ4v) is 2.90. The maximum atomic E-state index is 10.4. The van der Waals surface area contributed by atoms with Gasteiger partial charge in [0.15, 0.2) is 0 Å². The van der Waals surface area contributed by atoms with Crippen LogP contribution in [0.15, 0.2) is 12.2 Å². The van der Waals surface area contributed by atoms with Crippen molar-refractivity contribution in [2.75, 3.05) is 0 Å². The Morgan fingerprint density at radius 1 is 1.21 bits per heavy atom. The second-order valence-electron chi connectivity index (χ2n) is 6.57. The second-order valence-corrected chi connectivity index (χ2v) is 6.57. The molecule has 0 aliphatic carbocycles. The first-order chi connectivity index (χ1) is 11.4. The van der Waals surface area contributed by atoms with Crippen LogP contribution in [-0.4, -0.2) is 56.9 Å². The molecule has 5 atom stereocenters. The number of aliphatic hydroxyl groups excluding tert-OH is 3. The molecule has 0 radical (unpaired) electrons. The van der Waals surface area contributed by atoms with Gasteiger partial charge < -0.3 is 25.2 Å². The molecule has 140 valence electrons. The molecule has 0 aromatic rings. The summed E-state index contributed by atoms with van der Waals surface area (Å²) in [6.45, 7) is 1.87. The van der Waals surface area contributed by atoms with Crippen LogP contribution in [0.3, 0.4) is 0 Å². The predicted molar refractivity (Wildman–Crippen MR) is 90.7 cm³/mol. The minimum absolute atomic E-state index is 0.225. The van der Waals surface area contributed by atoms with Gasteiger partial charge in [0.2, 0.25) is 0 Å². The van der Waals surface area contributed by atoms with Gasteiger partial charge in [0.1, 0.15) is 6.10 Å². The van der Waals surface area contributed by atoms with Gasteiger partial charge in [0, 0.05) is 12.8 Å². The van der Waals surface area contributed by atoms with Crippen LogP contribution in [-0.2, 0) is 9.53 Å². The highest BCUT2D eigenvalue weighted by Gasteiger charge is 2.35. The number of aliphatic carboxylic acids is 1. The molecule has 0 amide bonds. The quantitative estimate of drug-likeness (QED) is 0.319. The number of rotatable bonds is 12. The van der Waals surface area contributed by atoms with Crippen molar-refractivity contribution in [3.8, 4) is 0 Å². The smallest absolute Gasteiger partial charge is 0.303 e. The molecule has 0 aromatic heterocycles. The van der Waals surface area contributed by atoms with Crippen LogP contribution in [0.4, 0.5) is 0 Å². The van der Waals surface area contributed by atoms with Gasteiger partial charge >= 0.3 is 5.97 Å². The Morgan fingerprint density at radius 2 is 1.88 bits per heavy atom. The zero-order valence-corrected chi connectivity index (χ0v) is 14.5. The van der Waals surface area contributed by atoms with Gasteiger partial charge in [-0.15, -0.1) is 0 Å². The average molecular weight is 344 g/mol. The van der Waals surface area contributed by atoms with Crippen molar-refractivity contribution in [1.82, 2.24) is 0 Å². The van der Waals surface area contributed by atoms with E-state index in [1.165, 1.54) is 0 Å². The van der Waals surface area contributed by atoms with E-state index in [2.05, 4.69) is 0 Å². The molecule has 0 spiro atoms. The molecule has 1 saturated heterocycles. The van der Waals surface area contributed by atoms with Crippen molar-refractivity contribution in [2.24, 2.45) is 0 Å². The summed E-state index contributed by atoms with van der Waals surface area (Å²) in [5.74, 6) is -0.749. The zero-order chi connectivity index (χ0) is 17.9. The lowest BCUT2D eigenvalue weighted by atomic mass is 10.0. The number of carboxylic acid groups (broad SMARTS) is 1. The third kappa shape index (κ3) is 8.24. The molecule has 1 rings (SSSR count). The lowest BCUT2D eigenvalue weighted by Gasteiger charge is -2.16. The number of unbranched alkanes of at least 4 members (excludes halogenated alkanes) is 4. The first-order valence-electron chi connectivity index (χ1n) is 9.03. The Labute approximate surface area is 144 Å². The Hall–Kier alpha value is -0.950.